The lowest BCUT2D eigenvalue weighted by Crippen LogP contribution is -2.66. The molecule has 0 saturated carbocycles. The van der Waals surface area contributed by atoms with E-state index in [1.54, 1.807) is 0 Å². The van der Waals surface area contributed by atoms with Crippen LogP contribution in [0.1, 0.15) is 46.1 Å². The first-order chi connectivity index (χ1) is 15.4. The lowest BCUT2D eigenvalue weighted by atomic mass is 10.1. The van der Waals surface area contributed by atoms with Crippen molar-refractivity contribution in [3.8, 4) is 0 Å². The predicted molar refractivity (Wildman–Crippen MR) is 138 cm³/mol. The molecular weight excluding hydrogens is 408 g/mol. The molecule has 0 bridgehead atoms. The Hall–Kier alpha value is -2.20. The Labute approximate surface area is 195 Å². The highest BCUT2D eigenvalue weighted by atomic mass is 28.4. The SMILES string of the molecule is CC(CCOCc1ccccc1)CCO[Si](c1ccccc1)(c1ccccc1)C(C)(C)C. The molecule has 2 nitrogen and oxygen atoms in total. The smallest absolute Gasteiger partial charge is 0.261 e. The molecule has 0 aromatic heterocycles. The van der Waals surface area contributed by atoms with Crippen LogP contribution in [0.2, 0.25) is 5.04 Å². The summed E-state index contributed by atoms with van der Waals surface area (Å²) in [6.45, 7) is 11.6. The highest BCUT2D eigenvalue weighted by Gasteiger charge is 2.49. The van der Waals surface area contributed by atoms with Gasteiger partial charge in [-0.2, -0.15) is 0 Å². The van der Waals surface area contributed by atoms with E-state index >= 15 is 0 Å². The van der Waals surface area contributed by atoms with Crippen molar-refractivity contribution in [1.29, 1.82) is 0 Å². The minimum atomic E-state index is -2.43. The molecule has 3 rings (SSSR count). The molecule has 0 fully saturated rings. The first-order valence-corrected chi connectivity index (χ1v) is 13.7. The third kappa shape index (κ3) is 6.19. The molecule has 3 aromatic rings. The zero-order valence-electron chi connectivity index (χ0n) is 20.1. The average molecular weight is 447 g/mol. The topological polar surface area (TPSA) is 18.5 Å². The van der Waals surface area contributed by atoms with Gasteiger partial charge in [0.1, 0.15) is 0 Å². The quantitative estimate of drug-likeness (QED) is 0.258. The minimum Gasteiger partial charge on any atom is -0.407 e. The van der Waals surface area contributed by atoms with Crippen molar-refractivity contribution in [1.82, 2.24) is 0 Å². The van der Waals surface area contributed by atoms with Gasteiger partial charge in [-0.15, -0.1) is 0 Å². The van der Waals surface area contributed by atoms with E-state index in [1.807, 2.05) is 6.07 Å². The first kappa shape index (κ1) is 24.4. The van der Waals surface area contributed by atoms with Crippen molar-refractivity contribution in [3.05, 3.63) is 96.6 Å². The van der Waals surface area contributed by atoms with Crippen LogP contribution in [0.15, 0.2) is 91.0 Å². The highest BCUT2D eigenvalue weighted by molar-refractivity contribution is 6.99. The zero-order valence-corrected chi connectivity index (χ0v) is 21.1. The Balaban J connectivity index is 1.63. The fraction of sp³-hybridized carbons (Fsp3) is 0.379. The van der Waals surface area contributed by atoms with E-state index in [9.17, 15) is 0 Å². The number of hydrogen-bond donors (Lipinski definition) is 0. The maximum Gasteiger partial charge on any atom is 0.261 e. The summed E-state index contributed by atoms with van der Waals surface area (Å²) in [5.74, 6) is 0.559. The molecule has 0 spiro atoms. The normalized spacial score (nSPS) is 13.1. The lowest BCUT2D eigenvalue weighted by molar-refractivity contribution is 0.105. The number of ether oxygens (including phenoxy) is 1. The van der Waals surface area contributed by atoms with Gasteiger partial charge in [-0.25, -0.2) is 0 Å². The van der Waals surface area contributed by atoms with E-state index in [2.05, 4.69) is 113 Å². The van der Waals surface area contributed by atoms with Crippen LogP contribution in [0.3, 0.4) is 0 Å². The van der Waals surface area contributed by atoms with E-state index in [4.69, 9.17) is 9.16 Å². The second-order valence-corrected chi connectivity index (χ2v) is 14.0. The third-order valence-electron chi connectivity index (χ3n) is 6.21. The minimum absolute atomic E-state index is 0.0255. The van der Waals surface area contributed by atoms with Crippen LogP contribution in [0.25, 0.3) is 0 Å². The molecule has 170 valence electrons. The molecule has 0 aliphatic rings. The summed E-state index contributed by atoms with van der Waals surface area (Å²) in [6, 6.07) is 32.1. The van der Waals surface area contributed by atoms with Crippen LogP contribution in [0.5, 0.6) is 0 Å². The van der Waals surface area contributed by atoms with Crippen molar-refractivity contribution < 1.29 is 9.16 Å². The summed E-state index contributed by atoms with van der Waals surface area (Å²) < 4.78 is 12.9. The van der Waals surface area contributed by atoms with E-state index in [1.165, 1.54) is 15.9 Å². The maximum absolute atomic E-state index is 7.01. The van der Waals surface area contributed by atoms with E-state index in [0.717, 1.165) is 26.1 Å². The molecule has 0 aliphatic heterocycles. The van der Waals surface area contributed by atoms with Gasteiger partial charge in [0, 0.05) is 13.2 Å². The number of hydrogen-bond acceptors (Lipinski definition) is 2. The fourth-order valence-electron chi connectivity index (χ4n) is 4.37. The van der Waals surface area contributed by atoms with Gasteiger partial charge in [0.05, 0.1) is 6.61 Å². The van der Waals surface area contributed by atoms with Gasteiger partial charge in [-0.1, -0.05) is 119 Å². The Kier molecular flexibility index (Phi) is 8.86. The number of benzene rings is 3. The van der Waals surface area contributed by atoms with Crippen molar-refractivity contribution in [2.24, 2.45) is 5.92 Å². The Morgan fingerprint density at radius 2 is 1.16 bits per heavy atom. The van der Waals surface area contributed by atoms with Gasteiger partial charge < -0.3 is 9.16 Å². The summed E-state index contributed by atoms with van der Waals surface area (Å²) in [5, 5.41) is 2.72. The summed E-state index contributed by atoms with van der Waals surface area (Å²) in [7, 11) is -2.43. The zero-order chi connectivity index (χ0) is 22.9. The van der Waals surface area contributed by atoms with Crippen molar-refractivity contribution in [3.63, 3.8) is 0 Å². The molecule has 0 saturated heterocycles. The summed E-state index contributed by atoms with van der Waals surface area (Å²) in [5.41, 5.74) is 1.23. The highest BCUT2D eigenvalue weighted by Crippen LogP contribution is 2.37. The van der Waals surface area contributed by atoms with Gasteiger partial charge >= 0.3 is 0 Å². The second-order valence-electron chi connectivity index (χ2n) is 9.73. The summed E-state index contributed by atoms with van der Waals surface area (Å²) in [4.78, 5) is 0. The monoisotopic (exact) mass is 446 g/mol. The maximum atomic E-state index is 7.01. The molecule has 1 atom stereocenters. The molecular formula is C29H38O2Si. The van der Waals surface area contributed by atoms with Crippen LogP contribution < -0.4 is 10.4 Å². The van der Waals surface area contributed by atoms with Crippen LogP contribution in [0.4, 0.5) is 0 Å². The molecule has 0 N–H and O–H groups in total. The average Bonchev–Trinajstić information content (AvgIpc) is 2.81. The number of rotatable bonds is 11. The second kappa shape index (κ2) is 11.6. The fourth-order valence-corrected chi connectivity index (χ4v) is 8.95. The largest absolute Gasteiger partial charge is 0.407 e. The molecule has 1 unspecified atom stereocenters. The van der Waals surface area contributed by atoms with Crippen LogP contribution in [-0.4, -0.2) is 21.5 Å². The lowest BCUT2D eigenvalue weighted by Gasteiger charge is -2.43. The molecule has 0 aliphatic carbocycles. The van der Waals surface area contributed by atoms with Gasteiger partial charge in [0.2, 0.25) is 0 Å². The Bertz CT molecular complexity index is 865. The molecule has 32 heavy (non-hydrogen) atoms. The molecule has 3 heteroatoms. The van der Waals surface area contributed by atoms with Gasteiger partial charge in [-0.3, -0.25) is 0 Å². The molecule has 0 amide bonds. The van der Waals surface area contributed by atoms with E-state index in [-0.39, 0.29) is 5.04 Å². The molecule has 0 heterocycles. The summed E-state index contributed by atoms with van der Waals surface area (Å²) >= 11 is 0. The van der Waals surface area contributed by atoms with Crippen molar-refractivity contribution >= 4 is 18.7 Å². The summed E-state index contributed by atoms with van der Waals surface area (Å²) in [6.07, 6.45) is 2.09. The Morgan fingerprint density at radius 3 is 1.66 bits per heavy atom. The van der Waals surface area contributed by atoms with Gasteiger partial charge in [0.25, 0.3) is 8.32 Å². The van der Waals surface area contributed by atoms with E-state index in [0.29, 0.717) is 12.5 Å². The Morgan fingerprint density at radius 1 is 0.688 bits per heavy atom. The van der Waals surface area contributed by atoms with Crippen LogP contribution in [0, 0.1) is 5.92 Å². The van der Waals surface area contributed by atoms with Crippen LogP contribution >= 0.6 is 0 Å². The molecule has 0 radical (unpaired) electrons. The van der Waals surface area contributed by atoms with Crippen molar-refractivity contribution in [2.45, 2.75) is 52.2 Å². The van der Waals surface area contributed by atoms with Gasteiger partial charge in [0.15, 0.2) is 0 Å². The third-order valence-corrected chi connectivity index (χ3v) is 11.3. The van der Waals surface area contributed by atoms with Crippen LogP contribution in [-0.2, 0) is 15.8 Å². The van der Waals surface area contributed by atoms with Crippen molar-refractivity contribution in [2.75, 3.05) is 13.2 Å². The first-order valence-electron chi connectivity index (χ1n) is 11.8. The van der Waals surface area contributed by atoms with E-state index < -0.39 is 8.32 Å². The standard InChI is InChI=1S/C29H38O2Si/c1-25(20-22-30-24-26-14-8-5-9-15-26)21-23-31-32(29(2,3)4,27-16-10-6-11-17-27)28-18-12-7-13-19-28/h5-19,25H,20-24H2,1-4H3. The predicted octanol–water partition coefficient (Wildman–Crippen LogP) is 6.20. The van der Waals surface area contributed by atoms with Gasteiger partial charge in [-0.05, 0) is 39.7 Å². The molecule has 3 aromatic carbocycles.